The lowest BCUT2D eigenvalue weighted by molar-refractivity contribution is -0.0746. The second-order valence-corrected chi connectivity index (χ2v) is 5.89. The molecule has 0 heterocycles. The van der Waals surface area contributed by atoms with Gasteiger partial charge in [0.1, 0.15) is 5.60 Å². The van der Waals surface area contributed by atoms with Gasteiger partial charge in [0, 0.05) is 0 Å². The van der Waals surface area contributed by atoms with Gasteiger partial charge in [-0.3, -0.25) is 0 Å². The fourth-order valence-electron chi connectivity index (χ4n) is 3.13. The maximum atomic E-state index is 11.2. The normalized spacial score (nSPS) is 13.2. The Labute approximate surface area is 125 Å². The molecule has 0 spiro atoms. The fourth-order valence-corrected chi connectivity index (χ4v) is 3.13. The van der Waals surface area contributed by atoms with E-state index in [9.17, 15) is 9.90 Å². The van der Waals surface area contributed by atoms with Gasteiger partial charge in [-0.05, 0) is 44.4 Å². The van der Waals surface area contributed by atoms with Gasteiger partial charge in [0.25, 0.3) is 0 Å². The van der Waals surface area contributed by atoms with Crippen LogP contribution in [0.3, 0.4) is 0 Å². The Hall–Kier alpha value is -0.730. The van der Waals surface area contributed by atoms with E-state index in [1.807, 2.05) is 0 Å². The first-order valence-corrected chi connectivity index (χ1v) is 8.48. The summed E-state index contributed by atoms with van der Waals surface area (Å²) in [6.07, 6.45) is 9.28. The lowest BCUT2D eigenvalue weighted by atomic mass is 9.75. The first-order chi connectivity index (χ1) is 9.56. The standard InChI is InChI=1S/C17H34O3/c1-5-9-12-15(8-4)17(13-10-6-2,14-11-7-3)20-16(18)19/h15H,5-14H2,1-4H3,(H,18,19). The molecule has 0 aromatic carbocycles. The highest BCUT2D eigenvalue weighted by atomic mass is 16.7. The van der Waals surface area contributed by atoms with Crippen LogP contribution in [0.5, 0.6) is 0 Å². The first kappa shape index (κ1) is 19.3. The third-order valence-electron chi connectivity index (χ3n) is 4.34. The highest BCUT2D eigenvalue weighted by molar-refractivity contribution is 5.57. The van der Waals surface area contributed by atoms with Crippen LogP contribution in [-0.2, 0) is 4.74 Å². The predicted molar refractivity (Wildman–Crippen MR) is 84.2 cm³/mol. The van der Waals surface area contributed by atoms with Crippen molar-refractivity contribution in [3.05, 3.63) is 0 Å². The lowest BCUT2D eigenvalue weighted by Gasteiger charge is -2.39. The highest BCUT2D eigenvalue weighted by Crippen LogP contribution is 2.38. The average molecular weight is 286 g/mol. The van der Waals surface area contributed by atoms with Crippen LogP contribution in [0.1, 0.15) is 91.9 Å². The van der Waals surface area contributed by atoms with E-state index in [0.717, 1.165) is 64.2 Å². The zero-order chi connectivity index (χ0) is 15.4. The monoisotopic (exact) mass is 286 g/mol. The number of carbonyl (C=O) groups is 1. The molecule has 1 N–H and O–H groups in total. The topological polar surface area (TPSA) is 46.5 Å². The Balaban J connectivity index is 5.11. The number of unbranched alkanes of at least 4 members (excludes halogenated alkanes) is 3. The van der Waals surface area contributed by atoms with Crippen molar-refractivity contribution in [2.24, 2.45) is 5.92 Å². The van der Waals surface area contributed by atoms with Gasteiger partial charge in [0.2, 0.25) is 0 Å². The van der Waals surface area contributed by atoms with Crippen molar-refractivity contribution in [3.8, 4) is 0 Å². The van der Waals surface area contributed by atoms with Gasteiger partial charge in [0.05, 0.1) is 0 Å². The molecule has 0 saturated carbocycles. The Morgan fingerprint density at radius 2 is 1.50 bits per heavy atom. The largest absolute Gasteiger partial charge is 0.506 e. The molecule has 0 fully saturated rings. The third kappa shape index (κ3) is 6.62. The van der Waals surface area contributed by atoms with Gasteiger partial charge in [-0.1, -0.05) is 53.4 Å². The fraction of sp³-hybridized carbons (Fsp3) is 0.941. The average Bonchev–Trinajstić information content (AvgIpc) is 2.42. The molecule has 120 valence electrons. The summed E-state index contributed by atoms with van der Waals surface area (Å²) in [5.41, 5.74) is -0.457. The van der Waals surface area contributed by atoms with Gasteiger partial charge >= 0.3 is 6.16 Å². The van der Waals surface area contributed by atoms with Crippen molar-refractivity contribution in [2.75, 3.05) is 0 Å². The van der Waals surface area contributed by atoms with Crippen LogP contribution >= 0.6 is 0 Å². The number of carboxylic acid groups (broad SMARTS) is 1. The van der Waals surface area contributed by atoms with Crippen LogP contribution in [0.2, 0.25) is 0 Å². The van der Waals surface area contributed by atoms with Gasteiger partial charge in [-0.2, -0.15) is 0 Å². The van der Waals surface area contributed by atoms with E-state index in [0.29, 0.717) is 5.92 Å². The molecule has 0 radical (unpaired) electrons. The van der Waals surface area contributed by atoms with Crippen molar-refractivity contribution in [1.82, 2.24) is 0 Å². The first-order valence-electron chi connectivity index (χ1n) is 8.48. The minimum atomic E-state index is -1.10. The Bertz CT molecular complexity index is 243. The number of rotatable bonds is 12. The molecule has 0 bridgehead atoms. The molecule has 1 unspecified atom stereocenters. The quantitative estimate of drug-likeness (QED) is 0.446. The minimum absolute atomic E-state index is 0.358. The second-order valence-electron chi connectivity index (χ2n) is 5.89. The van der Waals surface area contributed by atoms with E-state index in [4.69, 9.17) is 4.74 Å². The molecule has 1 atom stereocenters. The molecule has 0 aromatic heterocycles. The van der Waals surface area contributed by atoms with E-state index in [1.54, 1.807) is 0 Å². The SMILES string of the molecule is CCCCC(CC)C(CCCC)(CCCC)OC(=O)O. The Kier molecular flexibility index (Phi) is 10.6. The van der Waals surface area contributed by atoms with Gasteiger partial charge in [-0.25, -0.2) is 4.79 Å². The number of hydrogen-bond donors (Lipinski definition) is 1. The van der Waals surface area contributed by atoms with Crippen LogP contribution < -0.4 is 0 Å². The molecule has 0 saturated heterocycles. The van der Waals surface area contributed by atoms with Crippen LogP contribution in [0, 0.1) is 5.92 Å². The molecule has 3 nitrogen and oxygen atoms in total. The number of ether oxygens (including phenoxy) is 1. The zero-order valence-corrected chi connectivity index (χ0v) is 13.9. The van der Waals surface area contributed by atoms with Crippen molar-refractivity contribution < 1.29 is 14.6 Å². The van der Waals surface area contributed by atoms with E-state index in [1.165, 1.54) is 0 Å². The van der Waals surface area contributed by atoms with Gasteiger partial charge < -0.3 is 9.84 Å². The van der Waals surface area contributed by atoms with Crippen LogP contribution in [-0.4, -0.2) is 16.9 Å². The molecule has 0 amide bonds. The van der Waals surface area contributed by atoms with E-state index >= 15 is 0 Å². The third-order valence-corrected chi connectivity index (χ3v) is 4.34. The molecule has 3 heteroatoms. The van der Waals surface area contributed by atoms with Gasteiger partial charge in [-0.15, -0.1) is 0 Å². The summed E-state index contributed by atoms with van der Waals surface area (Å²) in [4.78, 5) is 11.2. The Morgan fingerprint density at radius 3 is 1.85 bits per heavy atom. The molecule has 0 aliphatic carbocycles. The molecular weight excluding hydrogens is 252 g/mol. The molecular formula is C17H34O3. The van der Waals surface area contributed by atoms with Crippen LogP contribution in [0.25, 0.3) is 0 Å². The molecule has 0 aromatic rings. The van der Waals surface area contributed by atoms with Crippen molar-refractivity contribution in [1.29, 1.82) is 0 Å². The van der Waals surface area contributed by atoms with E-state index < -0.39 is 11.8 Å². The van der Waals surface area contributed by atoms with Crippen molar-refractivity contribution in [3.63, 3.8) is 0 Å². The lowest BCUT2D eigenvalue weighted by Crippen LogP contribution is -2.42. The summed E-state index contributed by atoms with van der Waals surface area (Å²) in [7, 11) is 0. The summed E-state index contributed by atoms with van der Waals surface area (Å²) in [5.74, 6) is 0.358. The van der Waals surface area contributed by atoms with Crippen molar-refractivity contribution >= 4 is 6.16 Å². The summed E-state index contributed by atoms with van der Waals surface area (Å²) in [5, 5.41) is 9.20. The number of hydrogen-bond acceptors (Lipinski definition) is 2. The molecule has 0 aliphatic rings. The second kappa shape index (κ2) is 11.0. The van der Waals surface area contributed by atoms with Crippen molar-refractivity contribution in [2.45, 2.75) is 97.5 Å². The summed E-state index contributed by atoms with van der Waals surface area (Å²) in [6.45, 7) is 8.65. The van der Waals surface area contributed by atoms with Crippen LogP contribution in [0.15, 0.2) is 0 Å². The van der Waals surface area contributed by atoms with Gasteiger partial charge in [0.15, 0.2) is 0 Å². The molecule has 0 aliphatic heterocycles. The maximum Gasteiger partial charge on any atom is 0.506 e. The summed E-state index contributed by atoms with van der Waals surface area (Å²) in [6, 6.07) is 0. The minimum Gasteiger partial charge on any atom is -0.450 e. The summed E-state index contributed by atoms with van der Waals surface area (Å²) >= 11 is 0. The Morgan fingerprint density at radius 1 is 1.00 bits per heavy atom. The molecule has 0 rings (SSSR count). The predicted octanol–water partition coefficient (Wildman–Crippen LogP) is 6.02. The zero-order valence-electron chi connectivity index (χ0n) is 13.9. The van der Waals surface area contributed by atoms with E-state index in [-0.39, 0.29) is 0 Å². The van der Waals surface area contributed by atoms with Crippen LogP contribution in [0.4, 0.5) is 4.79 Å². The highest BCUT2D eigenvalue weighted by Gasteiger charge is 2.40. The summed E-state index contributed by atoms with van der Waals surface area (Å²) < 4.78 is 5.51. The maximum absolute atomic E-state index is 11.2. The van der Waals surface area contributed by atoms with E-state index in [2.05, 4.69) is 27.7 Å². The smallest absolute Gasteiger partial charge is 0.450 e. The molecule has 20 heavy (non-hydrogen) atoms.